The average molecular weight is 299 g/mol. The van der Waals surface area contributed by atoms with Crippen molar-refractivity contribution in [1.82, 2.24) is 9.80 Å². The molecule has 0 saturated carbocycles. The van der Waals surface area contributed by atoms with Crippen molar-refractivity contribution in [3.63, 3.8) is 0 Å². The molecule has 0 aromatic heterocycles. The number of nitrogens with zero attached hydrogens (tertiary/aromatic N) is 3. The van der Waals surface area contributed by atoms with Gasteiger partial charge in [0.15, 0.2) is 0 Å². The minimum Gasteiger partial charge on any atom is -0.341 e. The van der Waals surface area contributed by atoms with Crippen molar-refractivity contribution in [1.29, 1.82) is 5.26 Å². The Morgan fingerprint density at radius 3 is 2.64 bits per heavy atom. The van der Waals surface area contributed by atoms with Gasteiger partial charge in [-0.05, 0) is 44.5 Å². The van der Waals surface area contributed by atoms with E-state index in [2.05, 4.69) is 11.0 Å². The van der Waals surface area contributed by atoms with Crippen LogP contribution < -0.4 is 0 Å². The van der Waals surface area contributed by atoms with Crippen LogP contribution in [0.5, 0.6) is 0 Å². The second kappa shape index (κ2) is 7.95. The maximum absolute atomic E-state index is 12.6. The van der Waals surface area contributed by atoms with E-state index in [0.717, 1.165) is 31.5 Å². The predicted octanol–water partition coefficient (Wildman–Crippen LogP) is 2.78. The quantitative estimate of drug-likeness (QED) is 0.859. The van der Waals surface area contributed by atoms with Gasteiger partial charge in [-0.1, -0.05) is 25.0 Å². The van der Waals surface area contributed by atoms with Crippen LogP contribution in [-0.4, -0.2) is 41.9 Å². The summed E-state index contributed by atoms with van der Waals surface area (Å²) in [6, 6.07) is 9.60. The van der Waals surface area contributed by atoms with E-state index >= 15 is 0 Å². The van der Waals surface area contributed by atoms with Gasteiger partial charge in [0.05, 0.1) is 17.7 Å². The van der Waals surface area contributed by atoms with Crippen molar-refractivity contribution >= 4 is 5.91 Å². The van der Waals surface area contributed by atoms with Gasteiger partial charge in [0.25, 0.3) is 0 Å². The Kier molecular flexibility index (Phi) is 5.97. The average Bonchev–Trinajstić information content (AvgIpc) is 2.82. The molecular formula is C18H25N3O. The van der Waals surface area contributed by atoms with E-state index in [1.807, 2.05) is 37.1 Å². The van der Waals surface area contributed by atoms with Gasteiger partial charge in [-0.25, -0.2) is 0 Å². The number of likely N-dealkylation sites (tertiary alicyclic amines) is 1. The molecule has 0 radical (unpaired) electrons. The van der Waals surface area contributed by atoms with Crippen LogP contribution in [0.3, 0.4) is 0 Å². The van der Waals surface area contributed by atoms with Gasteiger partial charge in [0.1, 0.15) is 0 Å². The number of rotatable bonds is 4. The normalized spacial score (nSPS) is 16.9. The van der Waals surface area contributed by atoms with E-state index in [1.54, 1.807) is 6.07 Å². The third-order valence-corrected chi connectivity index (χ3v) is 4.42. The molecule has 1 amide bonds. The van der Waals surface area contributed by atoms with Gasteiger partial charge in [0.2, 0.25) is 5.91 Å². The summed E-state index contributed by atoms with van der Waals surface area (Å²) >= 11 is 0. The number of likely N-dealkylation sites (N-methyl/N-ethyl adjacent to an activating group) is 1. The Morgan fingerprint density at radius 1 is 1.32 bits per heavy atom. The van der Waals surface area contributed by atoms with Crippen LogP contribution in [0, 0.1) is 11.3 Å². The summed E-state index contributed by atoms with van der Waals surface area (Å²) in [6.07, 6.45) is 4.70. The van der Waals surface area contributed by atoms with Gasteiger partial charge in [-0.2, -0.15) is 5.26 Å². The molecule has 0 unspecified atom stereocenters. The molecule has 1 aromatic carbocycles. The molecule has 1 aliphatic heterocycles. The first-order chi connectivity index (χ1) is 10.6. The third kappa shape index (κ3) is 4.32. The Bertz CT molecular complexity index is 542. The summed E-state index contributed by atoms with van der Waals surface area (Å²) in [5.41, 5.74) is 1.73. The highest BCUT2D eigenvalue weighted by Crippen LogP contribution is 2.14. The van der Waals surface area contributed by atoms with Crippen molar-refractivity contribution in [3.05, 3.63) is 35.4 Å². The van der Waals surface area contributed by atoms with Crippen LogP contribution in [0.2, 0.25) is 0 Å². The standard InChI is InChI=1S/C18H25N3O/c1-15(18(22)21-10-5-3-4-6-11-21)20(2)14-17-9-7-8-16(12-17)13-19/h7-9,12,15H,3-6,10-11,14H2,1-2H3/t15-/m1/s1. The summed E-state index contributed by atoms with van der Waals surface area (Å²) in [4.78, 5) is 16.7. The zero-order chi connectivity index (χ0) is 15.9. The van der Waals surface area contributed by atoms with Gasteiger partial charge < -0.3 is 4.90 Å². The van der Waals surface area contributed by atoms with E-state index < -0.39 is 0 Å². The highest BCUT2D eigenvalue weighted by molar-refractivity contribution is 5.81. The molecule has 22 heavy (non-hydrogen) atoms. The van der Waals surface area contributed by atoms with Crippen LogP contribution >= 0.6 is 0 Å². The second-order valence-electron chi connectivity index (χ2n) is 6.14. The molecule has 2 rings (SSSR count). The van der Waals surface area contributed by atoms with Gasteiger partial charge in [-0.15, -0.1) is 0 Å². The molecule has 0 N–H and O–H groups in total. The Balaban J connectivity index is 1.97. The van der Waals surface area contributed by atoms with Crippen molar-refractivity contribution in [2.75, 3.05) is 20.1 Å². The minimum absolute atomic E-state index is 0.135. The van der Waals surface area contributed by atoms with Crippen LogP contribution in [-0.2, 0) is 11.3 Å². The lowest BCUT2D eigenvalue weighted by atomic mass is 10.1. The maximum atomic E-state index is 12.6. The number of carbonyl (C=O) groups is 1. The number of amides is 1. The predicted molar refractivity (Wildman–Crippen MR) is 87.1 cm³/mol. The molecule has 1 fully saturated rings. The Morgan fingerprint density at radius 2 is 2.00 bits per heavy atom. The van der Waals surface area contributed by atoms with Gasteiger partial charge >= 0.3 is 0 Å². The molecule has 1 aliphatic rings. The fraction of sp³-hybridized carbons (Fsp3) is 0.556. The van der Waals surface area contributed by atoms with E-state index in [9.17, 15) is 4.79 Å². The largest absolute Gasteiger partial charge is 0.341 e. The summed E-state index contributed by atoms with van der Waals surface area (Å²) < 4.78 is 0. The monoisotopic (exact) mass is 299 g/mol. The SMILES string of the molecule is C[C@H](C(=O)N1CCCCCC1)N(C)Cc1cccc(C#N)c1. The highest BCUT2D eigenvalue weighted by atomic mass is 16.2. The molecule has 1 atom stereocenters. The zero-order valence-electron chi connectivity index (χ0n) is 13.6. The molecular weight excluding hydrogens is 274 g/mol. The lowest BCUT2D eigenvalue weighted by molar-refractivity contribution is -0.136. The van der Waals surface area contributed by atoms with Crippen molar-refractivity contribution < 1.29 is 4.79 Å². The first kappa shape index (κ1) is 16.5. The summed E-state index contributed by atoms with van der Waals surface area (Å²) in [5, 5.41) is 8.97. The van der Waals surface area contributed by atoms with E-state index in [-0.39, 0.29) is 11.9 Å². The molecule has 1 aromatic rings. The molecule has 0 aliphatic carbocycles. The number of hydrogen-bond acceptors (Lipinski definition) is 3. The topological polar surface area (TPSA) is 47.3 Å². The number of hydrogen-bond donors (Lipinski definition) is 0. The number of carbonyl (C=O) groups excluding carboxylic acids is 1. The maximum Gasteiger partial charge on any atom is 0.239 e. The third-order valence-electron chi connectivity index (χ3n) is 4.42. The molecule has 1 saturated heterocycles. The van der Waals surface area contributed by atoms with Crippen LogP contribution in [0.1, 0.15) is 43.7 Å². The van der Waals surface area contributed by atoms with Crippen LogP contribution in [0.15, 0.2) is 24.3 Å². The number of nitriles is 1. The van der Waals surface area contributed by atoms with E-state index in [0.29, 0.717) is 12.1 Å². The fourth-order valence-electron chi connectivity index (χ4n) is 2.91. The fourth-order valence-corrected chi connectivity index (χ4v) is 2.91. The number of benzene rings is 1. The lowest BCUT2D eigenvalue weighted by Gasteiger charge is -2.29. The molecule has 118 valence electrons. The minimum atomic E-state index is -0.135. The van der Waals surface area contributed by atoms with Crippen LogP contribution in [0.25, 0.3) is 0 Å². The summed E-state index contributed by atoms with van der Waals surface area (Å²) in [5.74, 6) is 0.223. The van der Waals surface area contributed by atoms with Crippen LogP contribution in [0.4, 0.5) is 0 Å². The molecule has 4 nitrogen and oxygen atoms in total. The van der Waals surface area contributed by atoms with Crippen molar-refractivity contribution in [2.45, 2.75) is 45.2 Å². The Labute approximate surface area is 133 Å². The summed E-state index contributed by atoms with van der Waals surface area (Å²) in [7, 11) is 1.97. The van der Waals surface area contributed by atoms with Crippen molar-refractivity contribution in [3.8, 4) is 6.07 Å². The first-order valence-corrected chi connectivity index (χ1v) is 8.10. The summed E-state index contributed by atoms with van der Waals surface area (Å²) in [6.45, 7) is 4.43. The van der Waals surface area contributed by atoms with E-state index in [1.165, 1.54) is 12.8 Å². The lowest BCUT2D eigenvalue weighted by Crippen LogP contribution is -2.45. The second-order valence-corrected chi connectivity index (χ2v) is 6.14. The molecule has 1 heterocycles. The Hall–Kier alpha value is -1.86. The van der Waals surface area contributed by atoms with E-state index in [4.69, 9.17) is 5.26 Å². The molecule has 0 bridgehead atoms. The smallest absolute Gasteiger partial charge is 0.239 e. The molecule has 0 spiro atoms. The van der Waals surface area contributed by atoms with Gasteiger partial charge in [0, 0.05) is 19.6 Å². The highest BCUT2D eigenvalue weighted by Gasteiger charge is 2.24. The van der Waals surface area contributed by atoms with Crippen molar-refractivity contribution in [2.24, 2.45) is 0 Å². The molecule has 4 heteroatoms. The zero-order valence-corrected chi connectivity index (χ0v) is 13.6. The van der Waals surface area contributed by atoms with Gasteiger partial charge in [-0.3, -0.25) is 9.69 Å². The first-order valence-electron chi connectivity index (χ1n) is 8.10.